The van der Waals surface area contributed by atoms with Crippen LogP contribution in [-0.2, 0) is 0 Å². The quantitative estimate of drug-likeness (QED) is 0.660. The van der Waals surface area contributed by atoms with Gasteiger partial charge in [0, 0.05) is 17.8 Å². The van der Waals surface area contributed by atoms with Crippen LogP contribution >= 0.6 is 0 Å². The van der Waals surface area contributed by atoms with Crippen LogP contribution < -0.4 is 15.6 Å². The van der Waals surface area contributed by atoms with E-state index in [-0.39, 0.29) is 11.4 Å². The predicted molar refractivity (Wildman–Crippen MR) is 94.1 cm³/mol. The summed E-state index contributed by atoms with van der Waals surface area (Å²) in [4.78, 5) is 24.6. The lowest BCUT2D eigenvalue weighted by atomic mass is 10.2. The highest BCUT2D eigenvalue weighted by atomic mass is 16.5. The van der Waals surface area contributed by atoms with Crippen LogP contribution in [0.4, 0.5) is 5.69 Å². The maximum absolute atomic E-state index is 12.4. The summed E-state index contributed by atoms with van der Waals surface area (Å²) >= 11 is 0. The third kappa shape index (κ3) is 3.34. The molecule has 8 heteroatoms. The lowest BCUT2D eigenvalue weighted by Gasteiger charge is -2.12. The Morgan fingerprint density at radius 2 is 1.88 bits per heavy atom. The fraction of sp³-hybridized carbons (Fsp3) is 0.0556. The SMILES string of the molecule is COc1ccccc1-n1nc(C(=O)Nc2cccc(O)c2)c(O)cc1=O. The minimum Gasteiger partial charge on any atom is -0.508 e. The summed E-state index contributed by atoms with van der Waals surface area (Å²) in [5, 5.41) is 25.9. The lowest BCUT2D eigenvalue weighted by Crippen LogP contribution is -2.25. The highest BCUT2D eigenvalue weighted by Crippen LogP contribution is 2.22. The highest BCUT2D eigenvalue weighted by molar-refractivity contribution is 6.04. The first-order valence-corrected chi connectivity index (χ1v) is 7.56. The zero-order valence-corrected chi connectivity index (χ0v) is 13.7. The Labute approximate surface area is 147 Å². The Bertz CT molecular complexity index is 1030. The predicted octanol–water partition coefficient (Wildman–Crippen LogP) is 1.90. The van der Waals surface area contributed by atoms with Gasteiger partial charge in [-0.15, -0.1) is 0 Å². The van der Waals surface area contributed by atoms with Gasteiger partial charge in [-0.3, -0.25) is 9.59 Å². The average Bonchev–Trinajstić information content (AvgIpc) is 2.61. The first kappa shape index (κ1) is 17.0. The van der Waals surface area contributed by atoms with Gasteiger partial charge in [-0.1, -0.05) is 18.2 Å². The molecular formula is C18H15N3O5. The van der Waals surface area contributed by atoms with Crippen LogP contribution in [-0.4, -0.2) is 33.0 Å². The van der Waals surface area contributed by atoms with Crippen LogP contribution in [0, 0.1) is 0 Å². The molecule has 0 aliphatic carbocycles. The molecule has 3 N–H and O–H groups in total. The maximum atomic E-state index is 12.4. The number of ether oxygens (including phenoxy) is 1. The van der Waals surface area contributed by atoms with Crippen molar-refractivity contribution >= 4 is 11.6 Å². The number of phenolic OH excluding ortho intramolecular Hbond substituents is 1. The number of methoxy groups -OCH3 is 1. The number of carbonyl (C=O) groups is 1. The van der Waals surface area contributed by atoms with Crippen LogP contribution in [0.25, 0.3) is 5.69 Å². The summed E-state index contributed by atoms with van der Waals surface area (Å²) in [6, 6.07) is 13.5. The van der Waals surface area contributed by atoms with Crippen molar-refractivity contribution in [2.45, 2.75) is 0 Å². The van der Waals surface area contributed by atoms with Crippen LogP contribution in [0.1, 0.15) is 10.5 Å². The molecule has 0 saturated carbocycles. The molecule has 0 aliphatic rings. The lowest BCUT2D eigenvalue weighted by molar-refractivity contribution is 0.101. The van der Waals surface area contributed by atoms with E-state index in [0.717, 1.165) is 10.7 Å². The summed E-state index contributed by atoms with van der Waals surface area (Å²) in [5.41, 5.74) is -0.336. The number of anilines is 1. The van der Waals surface area contributed by atoms with Gasteiger partial charge >= 0.3 is 0 Å². The molecule has 8 nitrogen and oxygen atoms in total. The molecule has 0 radical (unpaired) electrons. The molecule has 0 saturated heterocycles. The van der Waals surface area contributed by atoms with E-state index in [1.54, 1.807) is 36.4 Å². The van der Waals surface area contributed by atoms with Crippen LogP contribution in [0.2, 0.25) is 0 Å². The zero-order valence-electron chi connectivity index (χ0n) is 13.7. The number of carbonyl (C=O) groups excluding carboxylic acids is 1. The molecule has 132 valence electrons. The summed E-state index contributed by atoms with van der Waals surface area (Å²) in [6.07, 6.45) is 0. The second kappa shape index (κ2) is 6.98. The zero-order chi connectivity index (χ0) is 18.7. The van der Waals surface area contributed by atoms with E-state index in [0.29, 0.717) is 17.1 Å². The van der Waals surface area contributed by atoms with E-state index < -0.39 is 17.2 Å². The Hall–Kier alpha value is -3.81. The number of aromatic nitrogens is 2. The first-order chi connectivity index (χ1) is 12.5. The molecular weight excluding hydrogens is 338 g/mol. The molecule has 0 unspecified atom stereocenters. The molecule has 1 heterocycles. The van der Waals surface area contributed by atoms with E-state index in [9.17, 15) is 19.8 Å². The van der Waals surface area contributed by atoms with Crippen molar-refractivity contribution in [1.82, 2.24) is 9.78 Å². The Balaban J connectivity index is 2.03. The molecule has 1 aromatic heterocycles. The molecule has 0 bridgehead atoms. The van der Waals surface area contributed by atoms with E-state index in [2.05, 4.69) is 10.4 Å². The molecule has 0 spiro atoms. The Kier molecular flexibility index (Phi) is 4.57. The molecule has 2 aromatic carbocycles. The van der Waals surface area contributed by atoms with Gasteiger partial charge in [0.1, 0.15) is 17.2 Å². The van der Waals surface area contributed by atoms with Crippen molar-refractivity contribution in [2.75, 3.05) is 12.4 Å². The van der Waals surface area contributed by atoms with E-state index >= 15 is 0 Å². The van der Waals surface area contributed by atoms with Crippen molar-refractivity contribution in [1.29, 1.82) is 0 Å². The molecule has 1 amide bonds. The third-order valence-electron chi connectivity index (χ3n) is 3.54. The Morgan fingerprint density at radius 3 is 2.62 bits per heavy atom. The number of nitrogens with zero attached hydrogens (tertiary/aromatic N) is 2. The largest absolute Gasteiger partial charge is 0.508 e. The van der Waals surface area contributed by atoms with Crippen LogP contribution in [0.5, 0.6) is 17.2 Å². The maximum Gasteiger partial charge on any atom is 0.279 e. The van der Waals surface area contributed by atoms with Crippen molar-refractivity contribution < 1.29 is 19.7 Å². The van der Waals surface area contributed by atoms with Crippen molar-refractivity contribution in [3.8, 4) is 22.9 Å². The van der Waals surface area contributed by atoms with Crippen LogP contribution in [0.3, 0.4) is 0 Å². The van der Waals surface area contributed by atoms with Gasteiger partial charge in [0.25, 0.3) is 11.5 Å². The fourth-order valence-corrected chi connectivity index (χ4v) is 2.36. The molecule has 0 aliphatic heterocycles. The van der Waals surface area contributed by atoms with E-state index in [1.165, 1.54) is 19.2 Å². The van der Waals surface area contributed by atoms with Crippen molar-refractivity contribution in [2.24, 2.45) is 0 Å². The third-order valence-corrected chi connectivity index (χ3v) is 3.54. The highest BCUT2D eigenvalue weighted by Gasteiger charge is 2.18. The minimum atomic E-state index is -0.739. The average molecular weight is 353 g/mol. The molecule has 0 fully saturated rings. The van der Waals surface area contributed by atoms with Gasteiger partial charge in [-0.05, 0) is 24.3 Å². The number of nitrogens with one attached hydrogen (secondary N) is 1. The van der Waals surface area contributed by atoms with Gasteiger partial charge in [-0.2, -0.15) is 9.78 Å². The summed E-state index contributed by atoms with van der Waals surface area (Å²) in [7, 11) is 1.44. The van der Waals surface area contributed by atoms with Crippen molar-refractivity contribution in [3.63, 3.8) is 0 Å². The van der Waals surface area contributed by atoms with Gasteiger partial charge in [0.05, 0.1) is 7.11 Å². The standard InChI is InChI=1S/C18H15N3O5/c1-26-15-8-3-2-7-13(15)21-16(24)10-14(23)17(20-21)18(25)19-11-5-4-6-12(22)9-11/h2-10,22-23H,1H3,(H,19,25). The van der Waals surface area contributed by atoms with Gasteiger partial charge in [0.15, 0.2) is 11.4 Å². The summed E-state index contributed by atoms with van der Waals surface area (Å²) < 4.78 is 6.17. The number of amides is 1. The smallest absolute Gasteiger partial charge is 0.279 e. The first-order valence-electron chi connectivity index (χ1n) is 7.56. The topological polar surface area (TPSA) is 114 Å². The second-order valence-electron chi connectivity index (χ2n) is 5.30. The van der Waals surface area contributed by atoms with E-state index in [1.807, 2.05) is 0 Å². The van der Waals surface area contributed by atoms with E-state index in [4.69, 9.17) is 4.74 Å². The fourth-order valence-electron chi connectivity index (χ4n) is 2.36. The molecule has 0 atom stereocenters. The molecule has 3 rings (SSSR count). The normalized spacial score (nSPS) is 10.3. The molecule has 26 heavy (non-hydrogen) atoms. The summed E-state index contributed by atoms with van der Waals surface area (Å²) in [5.74, 6) is -0.943. The van der Waals surface area contributed by atoms with Gasteiger partial charge in [-0.25, -0.2) is 0 Å². The van der Waals surface area contributed by atoms with Crippen LogP contribution in [0.15, 0.2) is 59.4 Å². The summed E-state index contributed by atoms with van der Waals surface area (Å²) in [6.45, 7) is 0. The number of benzene rings is 2. The second-order valence-corrected chi connectivity index (χ2v) is 5.30. The number of rotatable bonds is 4. The number of phenols is 1. The number of hydrogen-bond acceptors (Lipinski definition) is 6. The molecule has 3 aromatic rings. The van der Waals surface area contributed by atoms with Crippen molar-refractivity contribution in [3.05, 3.63) is 70.6 Å². The number of hydrogen-bond donors (Lipinski definition) is 3. The number of aromatic hydroxyl groups is 2. The number of para-hydroxylation sites is 2. The minimum absolute atomic E-state index is 0.0287. The monoisotopic (exact) mass is 353 g/mol. The van der Waals surface area contributed by atoms with Gasteiger partial charge in [0.2, 0.25) is 0 Å². The van der Waals surface area contributed by atoms with Gasteiger partial charge < -0.3 is 20.3 Å². The Morgan fingerprint density at radius 1 is 1.12 bits per heavy atom.